The molecule has 0 saturated heterocycles. The van der Waals surface area contributed by atoms with Crippen LogP contribution in [-0.2, 0) is 4.79 Å². The number of rotatable bonds is 3. The van der Waals surface area contributed by atoms with E-state index in [0.717, 1.165) is 0 Å². The summed E-state index contributed by atoms with van der Waals surface area (Å²) in [4.78, 5) is 23.5. The topological polar surface area (TPSA) is 104 Å². The van der Waals surface area contributed by atoms with Crippen molar-refractivity contribution in [3.63, 3.8) is 0 Å². The average Bonchev–Trinajstić information content (AvgIpc) is 2.69. The molecule has 1 heterocycles. The maximum Gasteiger partial charge on any atom is 0.295 e. The van der Waals surface area contributed by atoms with Crippen molar-refractivity contribution in [2.75, 3.05) is 20.6 Å². The Labute approximate surface area is 79.7 Å². The molecule has 1 rings (SSSR count). The van der Waals surface area contributed by atoms with Crippen LogP contribution in [0, 0.1) is 0 Å². The fourth-order valence-electron chi connectivity index (χ4n) is 0.789. The van der Waals surface area contributed by atoms with Gasteiger partial charge < -0.3 is 10.2 Å². The number of hydrogen-bond donors (Lipinski definition) is 2. The third kappa shape index (κ3) is 2.25. The molecule has 8 nitrogen and oxygen atoms in total. The minimum atomic E-state index is -0.456. The molecule has 0 aliphatic heterocycles. The zero-order valence-electron chi connectivity index (χ0n) is 7.81. The molecule has 0 aliphatic carbocycles. The SMILES string of the molecule is CNC(=O)CN(C)C(=O)c1nn[nH]n1. The second-order valence-electron chi connectivity index (χ2n) is 2.57. The molecule has 14 heavy (non-hydrogen) atoms. The second-order valence-corrected chi connectivity index (χ2v) is 2.57. The number of aromatic amines is 1. The Balaban J connectivity index is 2.58. The van der Waals surface area contributed by atoms with Crippen LogP contribution in [0.3, 0.4) is 0 Å². The predicted molar refractivity (Wildman–Crippen MR) is 45.2 cm³/mol. The zero-order valence-corrected chi connectivity index (χ0v) is 7.81. The molecular formula is C6H10N6O2. The van der Waals surface area contributed by atoms with E-state index in [1.54, 1.807) is 0 Å². The summed E-state index contributed by atoms with van der Waals surface area (Å²) in [6.45, 7) is -0.0378. The first-order valence-electron chi connectivity index (χ1n) is 3.84. The minimum absolute atomic E-state index is 0.0378. The van der Waals surface area contributed by atoms with Crippen LogP contribution in [0.1, 0.15) is 10.6 Å². The van der Waals surface area contributed by atoms with E-state index >= 15 is 0 Å². The maximum atomic E-state index is 11.4. The molecular weight excluding hydrogens is 188 g/mol. The molecule has 8 heteroatoms. The van der Waals surface area contributed by atoms with Gasteiger partial charge in [0.05, 0.1) is 6.54 Å². The molecule has 76 valence electrons. The Morgan fingerprint density at radius 2 is 2.29 bits per heavy atom. The number of aromatic nitrogens is 4. The molecule has 0 radical (unpaired) electrons. The molecule has 0 aromatic carbocycles. The number of nitrogens with zero attached hydrogens (tertiary/aromatic N) is 4. The summed E-state index contributed by atoms with van der Waals surface area (Å²) in [5.41, 5.74) is 0. The van der Waals surface area contributed by atoms with Crippen molar-refractivity contribution >= 4 is 11.8 Å². The first-order valence-corrected chi connectivity index (χ1v) is 3.84. The molecule has 0 fully saturated rings. The number of nitrogens with one attached hydrogen (secondary N) is 2. The van der Waals surface area contributed by atoms with Gasteiger partial charge in [0.15, 0.2) is 0 Å². The van der Waals surface area contributed by atoms with Crippen LogP contribution in [0.2, 0.25) is 0 Å². The molecule has 0 saturated carbocycles. The Bertz CT molecular complexity index is 321. The van der Waals surface area contributed by atoms with Gasteiger partial charge in [0.1, 0.15) is 0 Å². The molecule has 0 spiro atoms. The first-order chi connectivity index (χ1) is 6.65. The van der Waals surface area contributed by atoms with E-state index in [2.05, 4.69) is 25.9 Å². The van der Waals surface area contributed by atoms with Crippen LogP contribution in [0.15, 0.2) is 0 Å². The van der Waals surface area contributed by atoms with E-state index in [-0.39, 0.29) is 18.3 Å². The zero-order chi connectivity index (χ0) is 10.6. The van der Waals surface area contributed by atoms with Crippen LogP contribution in [0.4, 0.5) is 0 Å². The lowest BCUT2D eigenvalue weighted by Crippen LogP contribution is -2.37. The van der Waals surface area contributed by atoms with Gasteiger partial charge in [-0.2, -0.15) is 5.21 Å². The van der Waals surface area contributed by atoms with Crippen molar-refractivity contribution in [1.82, 2.24) is 30.8 Å². The van der Waals surface area contributed by atoms with Gasteiger partial charge in [0.25, 0.3) is 11.7 Å². The second kappa shape index (κ2) is 4.30. The molecule has 1 aromatic heterocycles. The lowest BCUT2D eigenvalue weighted by Gasteiger charge is -2.12. The van der Waals surface area contributed by atoms with Gasteiger partial charge in [-0.3, -0.25) is 9.59 Å². The molecule has 0 bridgehead atoms. The Kier molecular flexibility index (Phi) is 3.10. The van der Waals surface area contributed by atoms with Crippen molar-refractivity contribution < 1.29 is 9.59 Å². The fourth-order valence-corrected chi connectivity index (χ4v) is 0.789. The van der Waals surface area contributed by atoms with Crippen molar-refractivity contribution in [1.29, 1.82) is 0 Å². The van der Waals surface area contributed by atoms with E-state index in [0.29, 0.717) is 0 Å². The van der Waals surface area contributed by atoms with Gasteiger partial charge in [-0.25, -0.2) is 0 Å². The van der Waals surface area contributed by atoms with E-state index in [1.165, 1.54) is 19.0 Å². The van der Waals surface area contributed by atoms with Gasteiger partial charge in [-0.1, -0.05) is 0 Å². The van der Waals surface area contributed by atoms with Crippen molar-refractivity contribution in [3.8, 4) is 0 Å². The van der Waals surface area contributed by atoms with E-state index in [4.69, 9.17) is 0 Å². The molecule has 2 N–H and O–H groups in total. The van der Waals surface area contributed by atoms with Crippen LogP contribution in [0.25, 0.3) is 0 Å². The molecule has 1 aromatic rings. The predicted octanol–water partition coefficient (Wildman–Crippen LogP) is -1.98. The van der Waals surface area contributed by atoms with Crippen molar-refractivity contribution in [2.24, 2.45) is 0 Å². The number of likely N-dealkylation sites (N-methyl/N-ethyl adjacent to an activating group) is 2. The summed E-state index contributed by atoms with van der Waals surface area (Å²) < 4.78 is 0. The number of tetrazole rings is 1. The molecule has 0 unspecified atom stereocenters. The summed E-state index contributed by atoms with van der Waals surface area (Å²) >= 11 is 0. The highest BCUT2D eigenvalue weighted by Gasteiger charge is 2.17. The van der Waals surface area contributed by atoms with E-state index < -0.39 is 5.91 Å². The quantitative estimate of drug-likeness (QED) is 0.585. The highest BCUT2D eigenvalue weighted by atomic mass is 16.2. The van der Waals surface area contributed by atoms with Crippen LogP contribution in [-0.4, -0.2) is 58.0 Å². The van der Waals surface area contributed by atoms with Gasteiger partial charge in [0.2, 0.25) is 5.91 Å². The average molecular weight is 198 g/mol. The standard InChI is InChI=1S/C6H10N6O2/c1-7-4(13)3-12(2)6(14)5-8-10-11-9-5/h3H2,1-2H3,(H,7,13)(H,8,9,10,11). The smallest absolute Gasteiger partial charge is 0.295 e. The number of H-pyrrole nitrogens is 1. The minimum Gasteiger partial charge on any atom is -0.358 e. The fraction of sp³-hybridized carbons (Fsp3) is 0.500. The third-order valence-corrected chi connectivity index (χ3v) is 1.54. The van der Waals surface area contributed by atoms with E-state index in [9.17, 15) is 9.59 Å². The van der Waals surface area contributed by atoms with Gasteiger partial charge in [-0.15, -0.1) is 10.2 Å². The summed E-state index contributed by atoms with van der Waals surface area (Å²) in [5, 5.41) is 14.8. The van der Waals surface area contributed by atoms with E-state index in [1.807, 2.05) is 0 Å². The largest absolute Gasteiger partial charge is 0.358 e. The highest BCUT2D eigenvalue weighted by molar-refractivity contribution is 5.92. The maximum absolute atomic E-state index is 11.4. The monoisotopic (exact) mass is 198 g/mol. The summed E-state index contributed by atoms with van der Waals surface area (Å²) in [5.74, 6) is -0.775. The lowest BCUT2D eigenvalue weighted by atomic mass is 10.4. The molecule has 2 amide bonds. The number of carbonyl (C=O) groups excluding carboxylic acids is 2. The molecule has 0 aliphatic rings. The highest BCUT2D eigenvalue weighted by Crippen LogP contribution is 1.92. The van der Waals surface area contributed by atoms with Crippen LogP contribution < -0.4 is 5.32 Å². The van der Waals surface area contributed by atoms with Gasteiger partial charge >= 0.3 is 0 Å². The molecule has 0 atom stereocenters. The van der Waals surface area contributed by atoms with Crippen LogP contribution >= 0.6 is 0 Å². The Morgan fingerprint density at radius 3 is 2.79 bits per heavy atom. The summed E-state index contributed by atoms with van der Waals surface area (Å²) in [7, 11) is 2.98. The third-order valence-electron chi connectivity index (χ3n) is 1.54. The Morgan fingerprint density at radius 1 is 1.57 bits per heavy atom. The van der Waals surface area contributed by atoms with Gasteiger partial charge in [0, 0.05) is 14.1 Å². The number of amides is 2. The Hall–Kier alpha value is -1.99. The normalized spacial score (nSPS) is 9.57. The first kappa shape index (κ1) is 10.1. The van der Waals surface area contributed by atoms with Crippen molar-refractivity contribution in [2.45, 2.75) is 0 Å². The van der Waals surface area contributed by atoms with Gasteiger partial charge in [-0.05, 0) is 5.21 Å². The number of hydrogen-bond acceptors (Lipinski definition) is 5. The lowest BCUT2D eigenvalue weighted by molar-refractivity contribution is -0.121. The summed E-state index contributed by atoms with van der Waals surface area (Å²) in [6.07, 6.45) is 0. The van der Waals surface area contributed by atoms with Crippen molar-refractivity contribution in [3.05, 3.63) is 5.82 Å². The number of carbonyl (C=O) groups is 2. The van der Waals surface area contributed by atoms with Crippen LogP contribution in [0.5, 0.6) is 0 Å². The summed E-state index contributed by atoms with van der Waals surface area (Å²) in [6, 6.07) is 0.